The Morgan fingerprint density at radius 3 is 1.13 bits per heavy atom. The summed E-state index contributed by atoms with van der Waals surface area (Å²) >= 11 is 0. The zero-order valence-electron chi connectivity index (χ0n) is 12.5. The molecule has 0 aromatic heterocycles. The molecule has 0 unspecified atom stereocenters. The van der Waals surface area contributed by atoms with Crippen LogP contribution in [0.25, 0.3) is 0 Å². The maximum atomic E-state index is 2.27. The van der Waals surface area contributed by atoms with Gasteiger partial charge in [-0.3, -0.25) is 0 Å². The highest BCUT2D eigenvalue weighted by Crippen LogP contribution is 2.04. The first kappa shape index (κ1) is 20.4. The van der Waals surface area contributed by atoms with Crippen molar-refractivity contribution in [3.05, 3.63) is 0 Å². The minimum absolute atomic E-state index is 0.903. The maximum absolute atomic E-state index is 2.27. The molecule has 0 heterocycles. The molecule has 0 saturated heterocycles. The zero-order chi connectivity index (χ0) is 12.5. The number of rotatable bonds is 6. The van der Waals surface area contributed by atoms with Crippen molar-refractivity contribution in [2.75, 3.05) is 0 Å². The average Bonchev–Trinajstić information content (AvgIpc) is 2.27. The lowest BCUT2D eigenvalue weighted by atomic mass is 10.1. The van der Waals surface area contributed by atoms with Gasteiger partial charge in [0.25, 0.3) is 0 Å². The van der Waals surface area contributed by atoms with Crippen LogP contribution in [0.4, 0.5) is 0 Å². The summed E-state index contributed by atoms with van der Waals surface area (Å²) in [5.41, 5.74) is 0. The Kier molecular flexibility index (Phi) is 32.2. The van der Waals surface area contributed by atoms with E-state index in [1.165, 1.54) is 44.9 Å². The minimum Gasteiger partial charge on any atom is -0.0683 e. The van der Waals surface area contributed by atoms with Crippen molar-refractivity contribution < 1.29 is 0 Å². The molecule has 0 atom stereocenters. The summed E-state index contributed by atoms with van der Waals surface area (Å²) in [4.78, 5) is 0. The van der Waals surface area contributed by atoms with Crippen LogP contribution in [0.5, 0.6) is 0 Å². The number of unbranched alkanes of at least 4 members (excludes halogenated alkanes) is 4. The summed E-state index contributed by atoms with van der Waals surface area (Å²) in [6.07, 6.45) is 9.68. The predicted octanol–water partition coefficient (Wildman–Crippen LogP) is 6.45. The van der Waals surface area contributed by atoms with E-state index < -0.39 is 0 Å². The van der Waals surface area contributed by atoms with E-state index in [2.05, 4.69) is 34.6 Å². The summed E-state index contributed by atoms with van der Waals surface area (Å²) in [6.45, 7) is 15.2. The van der Waals surface area contributed by atoms with Crippen LogP contribution in [0, 0.1) is 5.92 Å². The lowest BCUT2D eigenvalue weighted by Gasteiger charge is -1.98. The normalized spacial score (nSPS) is 8.80. The van der Waals surface area contributed by atoms with Gasteiger partial charge < -0.3 is 0 Å². The Balaban J connectivity index is -0.000000166. The topological polar surface area (TPSA) is 0 Å². The predicted molar refractivity (Wildman–Crippen MR) is 75.5 cm³/mol. The molecule has 0 fully saturated rings. The van der Waals surface area contributed by atoms with Gasteiger partial charge in [0.05, 0.1) is 0 Å². The molecule has 0 saturated carbocycles. The van der Waals surface area contributed by atoms with Gasteiger partial charge in [-0.1, -0.05) is 93.4 Å². The molecule has 0 nitrogen and oxygen atoms in total. The SMILES string of the molecule is CC.CCCCC(C)C.CCCCCC. The summed E-state index contributed by atoms with van der Waals surface area (Å²) in [5, 5.41) is 0. The van der Waals surface area contributed by atoms with Gasteiger partial charge in [-0.15, -0.1) is 0 Å². The van der Waals surface area contributed by atoms with Crippen LogP contribution in [0.1, 0.15) is 93.4 Å². The van der Waals surface area contributed by atoms with Crippen LogP contribution in [-0.4, -0.2) is 0 Å². The van der Waals surface area contributed by atoms with Crippen molar-refractivity contribution in [1.82, 2.24) is 0 Å². The largest absolute Gasteiger partial charge is 0.0683 e. The van der Waals surface area contributed by atoms with E-state index in [9.17, 15) is 0 Å². The van der Waals surface area contributed by atoms with E-state index in [0.29, 0.717) is 0 Å². The van der Waals surface area contributed by atoms with E-state index in [-0.39, 0.29) is 0 Å². The van der Waals surface area contributed by atoms with Crippen molar-refractivity contribution in [2.24, 2.45) is 5.92 Å². The summed E-state index contributed by atoms with van der Waals surface area (Å²) in [5.74, 6) is 0.903. The lowest BCUT2D eigenvalue weighted by Crippen LogP contribution is -1.83. The van der Waals surface area contributed by atoms with Crippen molar-refractivity contribution >= 4 is 0 Å². The van der Waals surface area contributed by atoms with Gasteiger partial charge in [0.15, 0.2) is 0 Å². The molecule has 0 bridgehead atoms. The van der Waals surface area contributed by atoms with E-state index in [1.54, 1.807) is 0 Å². The van der Waals surface area contributed by atoms with E-state index in [4.69, 9.17) is 0 Å². The van der Waals surface area contributed by atoms with Crippen molar-refractivity contribution in [3.63, 3.8) is 0 Å². The molecule has 0 aliphatic carbocycles. The van der Waals surface area contributed by atoms with Gasteiger partial charge in [0, 0.05) is 0 Å². The molecule has 0 aromatic rings. The van der Waals surface area contributed by atoms with Crippen LogP contribution in [0.2, 0.25) is 0 Å². The van der Waals surface area contributed by atoms with Crippen molar-refractivity contribution in [3.8, 4) is 0 Å². The highest BCUT2D eigenvalue weighted by molar-refractivity contribution is 4.42. The summed E-state index contributed by atoms with van der Waals surface area (Å²) in [7, 11) is 0. The van der Waals surface area contributed by atoms with Gasteiger partial charge in [0.2, 0.25) is 0 Å². The molecule has 0 radical (unpaired) electrons. The fourth-order valence-electron chi connectivity index (χ4n) is 1.11. The van der Waals surface area contributed by atoms with Gasteiger partial charge in [-0.2, -0.15) is 0 Å². The molecule has 15 heavy (non-hydrogen) atoms. The highest BCUT2D eigenvalue weighted by Gasteiger charge is 1.88. The van der Waals surface area contributed by atoms with Gasteiger partial charge >= 0.3 is 0 Å². The molecule has 0 aliphatic rings. The van der Waals surface area contributed by atoms with Crippen LogP contribution < -0.4 is 0 Å². The quantitative estimate of drug-likeness (QED) is 0.448. The molecule has 0 N–H and O–H groups in total. The van der Waals surface area contributed by atoms with Crippen LogP contribution in [-0.2, 0) is 0 Å². The third-order valence-electron chi connectivity index (χ3n) is 2.09. The van der Waals surface area contributed by atoms with Crippen LogP contribution in [0.3, 0.4) is 0 Å². The second kappa shape index (κ2) is 23.7. The second-order valence-electron chi connectivity index (χ2n) is 4.24. The Labute approximate surface area is 99.9 Å². The third-order valence-corrected chi connectivity index (χ3v) is 2.09. The number of hydrogen-bond acceptors (Lipinski definition) is 0. The summed E-state index contributed by atoms with van der Waals surface area (Å²) < 4.78 is 0. The lowest BCUT2D eigenvalue weighted by molar-refractivity contribution is 0.550. The maximum Gasteiger partial charge on any atom is -0.0471 e. The Bertz CT molecular complexity index is 60.4. The third kappa shape index (κ3) is 41.1. The smallest absolute Gasteiger partial charge is 0.0471 e. The van der Waals surface area contributed by atoms with Crippen molar-refractivity contribution in [2.45, 2.75) is 93.4 Å². The first-order chi connectivity index (χ1) is 7.18. The molecule has 96 valence electrons. The van der Waals surface area contributed by atoms with Gasteiger partial charge in [0.1, 0.15) is 0 Å². The molecular formula is C15H36. The molecular weight excluding hydrogens is 180 g/mol. The van der Waals surface area contributed by atoms with Gasteiger partial charge in [-0.25, -0.2) is 0 Å². The molecule has 0 rings (SSSR count). The Morgan fingerprint density at radius 2 is 1.00 bits per heavy atom. The molecule has 0 heteroatoms. The number of hydrogen-bond donors (Lipinski definition) is 0. The Hall–Kier alpha value is 0. The second-order valence-corrected chi connectivity index (χ2v) is 4.24. The fourth-order valence-corrected chi connectivity index (χ4v) is 1.11. The highest BCUT2D eigenvalue weighted by atomic mass is 13.9. The zero-order valence-corrected chi connectivity index (χ0v) is 12.5. The minimum atomic E-state index is 0.903. The average molecular weight is 216 g/mol. The van der Waals surface area contributed by atoms with E-state index in [0.717, 1.165) is 5.92 Å². The standard InChI is InChI=1S/C7H16.C6H14.C2H6/c1-4-5-6-7(2)3;1-3-5-6-4-2;1-2/h7H,4-6H2,1-3H3;3-6H2,1-2H3;1-2H3. The monoisotopic (exact) mass is 216 g/mol. The first-order valence-electron chi connectivity index (χ1n) is 7.18. The van der Waals surface area contributed by atoms with E-state index in [1.807, 2.05) is 13.8 Å². The van der Waals surface area contributed by atoms with E-state index >= 15 is 0 Å². The Morgan fingerprint density at radius 1 is 0.667 bits per heavy atom. The molecule has 0 amide bonds. The first-order valence-corrected chi connectivity index (χ1v) is 7.18. The van der Waals surface area contributed by atoms with Crippen LogP contribution >= 0.6 is 0 Å². The molecule has 0 spiro atoms. The molecule has 0 aromatic carbocycles. The molecule has 0 aliphatic heterocycles. The van der Waals surface area contributed by atoms with Crippen molar-refractivity contribution in [1.29, 1.82) is 0 Å². The summed E-state index contributed by atoms with van der Waals surface area (Å²) in [6, 6.07) is 0. The van der Waals surface area contributed by atoms with Crippen LogP contribution in [0.15, 0.2) is 0 Å². The fraction of sp³-hybridized carbons (Fsp3) is 1.00. The van der Waals surface area contributed by atoms with Gasteiger partial charge in [-0.05, 0) is 5.92 Å².